The molecule has 2 rings (SSSR count). The molecule has 16 heavy (non-hydrogen) atoms. The molecule has 2 heterocycles. The van der Waals surface area contributed by atoms with E-state index in [4.69, 9.17) is 10.4 Å². The third kappa shape index (κ3) is 1.86. The van der Waals surface area contributed by atoms with E-state index in [1.165, 1.54) is 0 Å². The zero-order valence-corrected chi connectivity index (χ0v) is 9.74. The van der Waals surface area contributed by atoms with Crippen molar-refractivity contribution in [1.29, 1.82) is 0 Å². The second-order valence-corrected chi connectivity index (χ2v) is 4.36. The lowest BCUT2D eigenvalue weighted by Crippen LogP contribution is -2.08. The fraction of sp³-hybridized carbons (Fsp3) is 0.455. The van der Waals surface area contributed by atoms with Crippen molar-refractivity contribution < 1.29 is 4.52 Å². The number of nitrogens with one attached hydrogen (secondary N) is 1. The predicted molar refractivity (Wildman–Crippen MR) is 62.9 cm³/mol. The van der Waals surface area contributed by atoms with Crippen molar-refractivity contribution in [2.24, 2.45) is 11.8 Å². The number of aromatic nitrogens is 2. The first-order valence-electron chi connectivity index (χ1n) is 5.34. The summed E-state index contributed by atoms with van der Waals surface area (Å²) in [5, 5.41) is 4.94. The van der Waals surface area contributed by atoms with Gasteiger partial charge < -0.3 is 9.95 Å². The summed E-state index contributed by atoms with van der Waals surface area (Å²) in [5.74, 6) is 6.01. The van der Waals surface area contributed by atoms with Crippen molar-refractivity contribution in [2.75, 3.05) is 5.43 Å². The van der Waals surface area contributed by atoms with Crippen LogP contribution in [0.25, 0.3) is 11.1 Å². The lowest BCUT2D eigenvalue weighted by atomic mass is 10.1. The fourth-order valence-corrected chi connectivity index (χ4v) is 1.77. The maximum Gasteiger partial charge on any atom is 0.260 e. The summed E-state index contributed by atoms with van der Waals surface area (Å²) in [6.45, 7) is 6.17. The van der Waals surface area contributed by atoms with Crippen LogP contribution in [0.2, 0.25) is 0 Å². The highest BCUT2D eigenvalue weighted by Crippen LogP contribution is 2.27. The molecule has 0 atom stereocenters. The molecule has 5 heteroatoms. The molecule has 0 aliphatic heterocycles. The first-order valence-corrected chi connectivity index (χ1v) is 5.34. The molecule has 0 saturated heterocycles. The molecule has 0 aliphatic carbocycles. The van der Waals surface area contributed by atoms with E-state index in [1.807, 2.05) is 13.0 Å². The summed E-state index contributed by atoms with van der Waals surface area (Å²) < 4.78 is 5.22. The molecule has 3 N–H and O–H groups in total. The number of rotatable bonds is 3. The number of anilines is 1. The zero-order valence-electron chi connectivity index (χ0n) is 9.74. The Morgan fingerprint density at radius 2 is 2.25 bits per heavy atom. The second kappa shape index (κ2) is 4.09. The summed E-state index contributed by atoms with van der Waals surface area (Å²) >= 11 is 0. The lowest BCUT2D eigenvalue weighted by Gasteiger charge is -2.05. The van der Waals surface area contributed by atoms with Gasteiger partial charge in [-0.15, -0.1) is 0 Å². The van der Waals surface area contributed by atoms with Crippen molar-refractivity contribution >= 4 is 16.8 Å². The second-order valence-electron chi connectivity index (χ2n) is 4.36. The third-order valence-corrected chi connectivity index (χ3v) is 2.40. The molecule has 0 bridgehead atoms. The van der Waals surface area contributed by atoms with Gasteiger partial charge in [0.1, 0.15) is 0 Å². The SMILES string of the molecule is Cc1cc(NN)c2c(CC(C)C)noc2n1. The van der Waals surface area contributed by atoms with E-state index in [1.54, 1.807) is 0 Å². The van der Waals surface area contributed by atoms with Gasteiger partial charge in [-0.1, -0.05) is 19.0 Å². The van der Waals surface area contributed by atoms with Gasteiger partial charge >= 0.3 is 0 Å². The van der Waals surface area contributed by atoms with Crippen molar-refractivity contribution in [3.63, 3.8) is 0 Å². The Morgan fingerprint density at radius 3 is 2.88 bits per heavy atom. The van der Waals surface area contributed by atoms with Gasteiger partial charge in [-0.2, -0.15) is 0 Å². The average Bonchev–Trinajstić information content (AvgIpc) is 2.59. The van der Waals surface area contributed by atoms with Crippen LogP contribution in [0, 0.1) is 12.8 Å². The molecule has 0 radical (unpaired) electrons. The highest BCUT2D eigenvalue weighted by atomic mass is 16.5. The molecule has 0 aromatic carbocycles. The summed E-state index contributed by atoms with van der Waals surface area (Å²) in [6, 6.07) is 1.89. The Morgan fingerprint density at radius 1 is 1.50 bits per heavy atom. The average molecular weight is 220 g/mol. The number of aryl methyl sites for hydroxylation is 1. The molecule has 2 aromatic rings. The van der Waals surface area contributed by atoms with E-state index in [2.05, 4.69) is 29.4 Å². The van der Waals surface area contributed by atoms with Gasteiger partial charge in [-0.3, -0.25) is 5.84 Å². The van der Waals surface area contributed by atoms with E-state index < -0.39 is 0 Å². The monoisotopic (exact) mass is 220 g/mol. The van der Waals surface area contributed by atoms with Crippen molar-refractivity contribution in [3.8, 4) is 0 Å². The zero-order chi connectivity index (χ0) is 11.7. The molecule has 5 nitrogen and oxygen atoms in total. The lowest BCUT2D eigenvalue weighted by molar-refractivity contribution is 0.432. The highest BCUT2D eigenvalue weighted by molar-refractivity contribution is 5.90. The molecule has 0 aliphatic rings. The van der Waals surface area contributed by atoms with E-state index in [-0.39, 0.29) is 0 Å². The normalized spacial score (nSPS) is 11.3. The summed E-state index contributed by atoms with van der Waals surface area (Å²) in [4.78, 5) is 4.29. The minimum Gasteiger partial charge on any atom is -0.335 e. The maximum atomic E-state index is 5.50. The van der Waals surface area contributed by atoms with Crippen LogP contribution in [0.15, 0.2) is 10.6 Å². The molecule has 2 aromatic heterocycles. The molecule has 0 amide bonds. The first-order chi connectivity index (χ1) is 7.61. The molecular weight excluding hydrogens is 204 g/mol. The molecule has 0 unspecified atom stereocenters. The number of hydrazine groups is 1. The fourth-order valence-electron chi connectivity index (χ4n) is 1.77. The van der Waals surface area contributed by atoms with Gasteiger partial charge in [0.25, 0.3) is 5.71 Å². The number of nitrogens with two attached hydrogens (primary N) is 1. The number of hydrogen-bond donors (Lipinski definition) is 2. The molecule has 0 saturated carbocycles. The van der Waals surface area contributed by atoms with Gasteiger partial charge in [-0.05, 0) is 25.3 Å². The molecule has 0 spiro atoms. The van der Waals surface area contributed by atoms with Gasteiger partial charge in [0.05, 0.1) is 16.8 Å². The maximum absolute atomic E-state index is 5.50. The van der Waals surface area contributed by atoms with Crippen LogP contribution < -0.4 is 11.3 Å². The van der Waals surface area contributed by atoms with Crippen LogP contribution in [-0.4, -0.2) is 10.1 Å². The Kier molecular flexibility index (Phi) is 2.78. The number of nitrogens with zero attached hydrogens (tertiary/aromatic N) is 2. The van der Waals surface area contributed by atoms with E-state index in [0.717, 1.165) is 28.9 Å². The summed E-state index contributed by atoms with van der Waals surface area (Å²) in [7, 11) is 0. The Bertz CT molecular complexity index is 504. The van der Waals surface area contributed by atoms with Crippen LogP contribution in [0.4, 0.5) is 5.69 Å². The Hall–Kier alpha value is -1.62. The third-order valence-electron chi connectivity index (χ3n) is 2.40. The summed E-state index contributed by atoms with van der Waals surface area (Å²) in [5.41, 5.74) is 5.80. The van der Waals surface area contributed by atoms with Crippen molar-refractivity contribution in [1.82, 2.24) is 10.1 Å². The van der Waals surface area contributed by atoms with Crippen LogP contribution >= 0.6 is 0 Å². The molecule has 0 fully saturated rings. The predicted octanol–water partition coefficient (Wildman–Crippen LogP) is 2.02. The van der Waals surface area contributed by atoms with E-state index in [0.29, 0.717) is 11.6 Å². The van der Waals surface area contributed by atoms with Crippen LogP contribution in [-0.2, 0) is 6.42 Å². The standard InChI is InChI=1S/C11H16N4O/c1-6(2)4-9-10-8(14-12)5-7(3)13-11(10)16-15-9/h5-6H,4,12H2,1-3H3,(H,13,14). The smallest absolute Gasteiger partial charge is 0.260 e. The van der Waals surface area contributed by atoms with Crippen LogP contribution in [0.3, 0.4) is 0 Å². The molecule has 86 valence electrons. The highest BCUT2D eigenvalue weighted by Gasteiger charge is 2.15. The quantitative estimate of drug-likeness (QED) is 0.611. The molecular formula is C11H16N4O. The van der Waals surface area contributed by atoms with Gasteiger partial charge in [-0.25, -0.2) is 4.98 Å². The first kappa shape index (κ1) is 10.9. The van der Waals surface area contributed by atoms with Crippen LogP contribution in [0.5, 0.6) is 0 Å². The number of nitrogen functional groups attached to an aromatic ring is 1. The topological polar surface area (TPSA) is 77.0 Å². The number of pyridine rings is 1. The van der Waals surface area contributed by atoms with Crippen LogP contribution in [0.1, 0.15) is 25.2 Å². The summed E-state index contributed by atoms with van der Waals surface area (Å²) in [6.07, 6.45) is 0.854. The number of fused-ring (bicyclic) bond motifs is 1. The van der Waals surface area contributed by atoms with Gasteiger partial charge in [0.2, 0.25) is 0 Å². The Balaban J connectivity index is 2.60. The van der Waals surface area contributed by atoms with Gasteiger partial charge in [0, 0.05) is 5.69 Å². The minimum absolute atomic E-state index is 0.514. The Labute approximate surface area is 94.0 Å². The van der Waals surface area contributed by atoms with Crippen molar-refractivity contribution in [2.45, 2.75) is 27.2 Å². The van der Waals surface area contributed by atoms with E-state index >= 15 is 0 Å². The van der Waals surface area contributed by atoms with E-state index in [9.17, 15) is 0 Å². The number of hydrogen-bond acceptors (Lipinski definition) is 5. The van der Waals surface area contributed by atoms with Crippen molar-refractivity contribution in [3.05, 3.63) is 17.5 Å². The van der Waals surface area contributed by atoms with Gasteiger partial charge in [0.15, 0.2) is 0 Å². The minimum atomic E-state index is 0.514. The largest absolute Gasteiger partial charge is 0.335 e.